The van der Waals surface area contributed by atoms with Crippen molar-refractivity contribution in [2.75, 3.05) is 19.6 Å². The summed E-state index contributed by atoms with van der Waals surface area (Å²) in [5, 5.41) is 9.11. The highest BCUT2D eigenvalue weighted by atomic mass is 16.2. The third-order valence-corrected chi connectivity index (χ3v) is 2.97. The van der Waals surface area contributed by atoms with Gasteiger partial charge in [0.25, 0.3) is 0 Å². The SMILES string of the molecule is CC(C)CC(=O)NCCCCC(=O)NCCCNC(C)C. The zero-order valence-corrected chi connectivity index (χ0v) is 14.1. The van der Waals surface area contributed by atoms with E-state index in [1.807, 2.05) is 13.8 Å². The van der Waals surface area contributed by atoms with Crippen LogP contribution in [0.25, 0.3) is 0 Å². The molecular formula is C16H33N3O2. The standard InChI is InChI=1S/C16H33N3O2/c1-13(2)12-16(21)19-9-6-5-8-15(20)18-11-7-10-17-14(3)4/h13-14,17H,5-12H2,1-4H3,(H,18,20)(H,19,21). The Bertz CT molecular complexity index is 291. The number of carbonyl (C=O) groups is 2. The molecule has 0 radical (unpaired) electrons. The van der Waals surface area contributed by atoms with Gasteiger partial charge in [-0.2, -0.15) is 0 Å². The van der Waals surface area contributed by atoms with Gasteiger partial charge in [-0.05, 0) is 31.7 Å². The molecule has 0 fully saturated rings. The maximum atomic E-state index is 11.6. The van der Waals surface area contributed by atoms with Crippen molar-refractivity contribution in [2.45, 2.75) is 65.8 Å². The number of rotatable bonds is 12. The van der Waals surface area contributed by atoms with Gasteiger partial charge in [-0.3, -0.25) is 9.59 Å². The van der Waals surface area contributed by atoms with E-state index in [0.717, 1.165) is 32.4 Å². The van der Waals surface area contributed by atoms with Gasteiger partial charge in [0.1, 0.15) is 0 Å². The minimum atomic E-state index is 0.104. The van der Waals surface area contributed by atoms with E-state index in [9.17, 15) is 9.59 Å². The molecule has 2 amide bonds. The predicted molar refractivity (Wildman–Crippen MR) is 87.1 cm³/mol. The Morgan fingerprint density at radius 2 is 1.43 bits per heavy atom. The van der Waals surface area contributed by atoms with E-state index >= 15 is 0 Å². The fourth-order valence-electron chi connectivity index (χ4n) is 1.88. The lowest BCUT2D eigenvalue weighted by Crippen LogP contribution is -2.29. The van der Waals surface area contributed by atoms with Crippen molar-refractivity contribution < 1.29 is 9.59 Å². The molecule has 0 aliphatic carbocycles. The second-order valence-electron chi connectivity index (χ2n) is 6.22. The third kappa shape index (κ3) is 15.1. The first-order chi connectivity index (χ1) is 9.91. The number of amides is 2. The summed E-state index contributed by atoms with van der Waals surface area (Å²) in [6.45, 7) is 10.6. The zero-order chi connectivity index (χ0) is 16.1. The molecule has 21 heavy (non-hydrogen) atoms. The molecule has 0 bridgehead atoms. The second-order valence-corrected chi connectivity index (χ2v) is 6.22. The van der Waals surface area contributed by atoms with Crippen LogP contribution in [0.2, 0.25) is 0 Å². The Morgan fingerprint density at radius 3 is 2.05 bits per heavy atom. The lowest BCUT2D eigenvalue weighted by Gasteiger charge is -2.09. The molecule has 0 aromatic rings. The summed E-state index contributed by atoms with van der Waals surface area (Å²) in [5.41, 5.74) is 0. The number of hydrogen-bond donors (Lipinski definition) is 3. The Balaban J connectivity index is 3.36. The molecule has 5 heteroatoms. The third-order valence-electron chi connectivity index (χ3n) is 2.97. The molecule has 0 aliphatic rings. The number of unbranched alkanes of at least 4 members (excludes halogenated alkanes) is 1. The van der Waals surface area contributed by atoms with Crippen molar-refractivity contribution in [3.05, 3.63) is 0 Å². The van der Waals surface area contributed by atoms with Crippen LogP contribution in [-0.4, -0.2) is 37.5 Å². The number of nitrogens with one attached hydrogen (secondary N) is 3. The highest BCUT2D eigenvalue weighted by Gasteiger charge is 2.04. The summed E-state index contributed by atoms with van der Waals surface area (Å²) in [6, 6.07) is 0.492. The van der Waals surface area contributed by atoms with E-state index in [2.05, 4.69) is 29.8 Å². The summed E-state index contributed by atoms with van der Waals surface area (Å²) in [6.07, 6.45) is 3.74. The molecule has 0 saturated carbocycles. The molecule has 124 valence electrons. The molecule has 0 aromatic heterocycles. The summed E-state index contributed by atoms with van der Waals surface area (Å²) in [4.78, 5) is 23.0. The van der Waals surface area contributed by atoms with Crippen molar-refractivity contribution in [3.8, 4) is 0 Å². The number of carbonyl (C=O) groups excluding carboxylic acids is 2. The van der Waals surface area contributed by atoms with Gasteiger partial charge in [0.05, 0.1) is 0 Å². The van der Waals surface area contributed by atoms with Crippen molar-refractivity contribution >= 4 is 11.8 Å². The first-order valence-corrected chi connectivity index (χ1v) is 8.18. The van der Waals surface area contributed by atoms with Gasteiger partial charge in [-0.15, -0.1) is 0 Å². The summed E-state index contributed by atoms with van der Waals surface area (Å²) < 4.78 is 0. The first-order valence-electron chi connectivity index (χ1n) is 8.18. The fourth-order valence-corrected chi connectivity index (χ4v) is 1.88. The molecule has 0 aliphatic heterocycles. The van der Waals surface area contributed by atoms with Gasteiger partial charge in [0, 0.05) is 32.0 Å². The Kier molecular flexibility index (Phi) is 12.0. The van der Waals surface area contributed by atoms with E-state index in [-0.39, 0.29) is 11.8 Å². The molecule has 0 saturated heterocycles. The van der Waals surface area contributed by atoms with Crippen LogP contribution in [0.5, 0.6) is 0 Å². The van der Waals surface area contributed by atoms with E-state index in [0.29, 0.717) is 31.3 Å². The lowest BCUT2D eigenvalue weighted by atomic mass is 10.1. The zero-order valence-electron chi connectivity index (χ0n) is 14.1. The van der Waals surface area contributed by atoms with Crippen LogP contribution in [0.4, 0.5) is 0 Å². The molecule has 0 atom stereocenters. The van der Waals surface area contributed by atoms with Crippen molar-refractivity contribution in [3.63, 3.8) is 0 Å². The topological polar surface area (TPSA) is 70.2 Å². The predicted octanol–water partition coefficient (Wildman–Crippen LogP) is 1.82. The van der Waals surface area contributed by atoms with Crippen LogP contribution in [0.3, 0.4) is 0 Å². The molecule has 5 nitrogen and oxygen atoms in total. The van der Waals surface area contributed by atoms with Crippen LogP contribution < -0.4 is 16.0 Å². The van der Waals surface area contributed by atoms with Crippen LogP contribution in [0, 0.1) is 5.92 Å². The number of hydrogen-bond acceptors (Lipinski definition) is 3. The van der Waals surface area contributed by atoms with Gasteiger partial charge in [-0.1, -0.05) is 27.7 Å². The molecule has 0 heterocycles. The summed E-state index contributed by atoms with van der Waals surface area (Å²) in [7, 11) is 0. The highest BCUT2D eigenvalue weighted by Crippen LogP contribution is 1.99. The van der Waals surface area contributed by atoms with Crippen LogP contribution >= 0.6 is 0 Å². The largest absolute Gasteiger partial charge is 0.356 e. The normalized spacial score (nSPS) is 11.0. The average molecular weight is 299 g/mol. The molecule has 0 aromatic carbocycles. The average Bonchev–Trinajstić information content (AvgIpc) is 2.36. The minimum Gasteiger partial charge on any atom is -0.356 e. The molecule has 0 rings (SSSR count). The van der Waals surface area contributed by atoms with Gasteiger partial charge < -0.3 is 16.0 Å². The van der Waals surface area contributed by atoms with Crippen LogP contribution in [-0.2, 0) is 9.59 Å². The first kappa shape index (κ1) is 19.9. The van der Waals surface area contributed by atoms with Gasteiger partial charge in [0.15, 0.2) is 0 Å². The van der Waals surface area contributed by atoms with Crippen LogP contribution in [0.15, 0.2) is 0 Å². The Morgan fingerprint density at radius 1 is 0.810 bits per heavy atom. The maximum absolute atomic E-state index is 11.6. The monoisotopic (exact) mass is 299 g/mol. The quantitative estimate of drug-likeness (QED) is 0.481. The minimum absolute atomic E-state index is 0.104. The summed E-state index contributed by atoms with van der Waals surface area (Å²) in [5.74, 6) is 0.598. The smallest absolute Gasteiger partial charge is 0.220 e. The van der Waals surface area contributed by atoms with E-state index in [1.165, 1.54) is 0 Å². The van der Waals surface area contributed by atoms with Crippen LogP contribution in [0.1, 0.15) is 59.8 Å². The van der Waals surface area contributed by atoms with Gasteiger partial charge in [-0.25, -0.2) is 0 Å². The van der Waals surface area contributed by atoms with Crippen molar-refractivity contribution in [2.24, 2.45) is 5.92 Å². The van der Waals surface area contributed by atoms with Crippen molar-refractivity contribution in [1.82, 2.24) is 16.0 Å². The van der Waals surface area contributed by atoms with Crippen molar-refractivity contribution in [1.29, 1.82) is 0 Å². The van der Waals surface area contributed by atoms with Gasteiger partial charge in [0.2, 0.25) is 11.8 Å². The lowest BCUT2D eigenvalue weighted by molar-refractivity contribution is -0.121. The van der Waals surface area contributed by atoms with E-state index < -0.39 is 0 Å². The summed E-state index contributed by atoms with van der Waals surface area (Å²) >= 11 is 0. The molecular weight excluding hydrogens is 266 g/mol. The molecule has 3 N–H and O–H groups in total. The molecule has 0 unspecified atom stereocenters. The van der Waals surface area contributed by atoms with E-state index in [1.54, 1.807) is 0 Å². The van der Waals surface area contributed by atoms with Gasteiger partial charge >= 0.3 is 0 Å². The molecule has 0 spiro atoms. The highest BCUT2D eigenvalue weighted by molar-refractivity contribution is 5.76. The Labute approximate surface area is 129 Å². The maximum Gasteiger partial charge on any atom is 0.220 e. The Hall–Kier alpha value is -1.10. The second kappa shape index (κ2) is 12.6. The fraction of sp³-hybridized carbons (Fsp3) is 0.875. The van der Waals surface area contributed by atoms with E-state index in [4.69, 9.17) is 0 Å².